The monoisotopic (exact) mass is 425 g/mol. The molecule has 1 N–H and O–H groups in total. The maximum absolute atomic E-state index is 12.2. The van der Waals surface area contributed by atoms with E-state index >= 15 is 0 Å². The summed E-state index contributed by atoms with van der Waals surface area (Å²) in [6.07, 6.45) is 4.54. The van der Waals surface area contributed by atoms with Crippen LogP contribution in [0, 0.1) is 5.92 Å². The predicted octanol–water partition coefficient (Wildman–Crippen LogP) is 2.84. The number of aromatic nitrogens is 2. The summed E-state index contributed by atoms with van der Waals surface area (Å²) in [5.41, 5.74) is 0.177. The first-order chi connectivity index (χ1) is 14.9. The van der Waals surface area contributed by atoms with Crippen LogP contribution in [-0.2, 0) is 21.7 Å². The van der Waals surface area contributed by atoms with Gasteiger partial charge in [-0.2, -0.15) is 0 Å². The van der Waals surface area contributed by atoms with E-state index in [9.17, 15) is 14.7 Å². The van der Waals surface area contributed by atoms with Crippen molar-refractivity contribution in [1.82, 2.24) is 14.9 Å². The summed E-state index contributed by atoms with van der Waals surface area (Å²) in [5.74, 6) is 0.434. The Labute approximate surface area is 181 Å². The highest BCUT2D eigenvalue weighted by atomic mass is 16.6. The Bertz CT molecular complexity index is 922. The molecule has 1 aliphatic carbocycles. The van der Waals surface area contributed by atoms with Gasteiger partial charge in [-0.3, -0.25) is 9.78 Å². The zero-order valence-electron chi connectivity index (χ0n) is 17.6. The largest absolute Gasteiger partial charge is 0.469 e. The lowest BCUT2D eigenvalue weighted by Crippen LogP contribution is -2.56. The lowest BCUT2D eigenvalue weighted by Gasteiger charge is -2.39. The Morgan fingerprint density at radius 1 is 1.13 bits per heavy atom. The standard InChI is InChI=1S/C23H27N3O5/c1-16(27)18-7-9-23(29,10-8-18)20-21(25-12-11-24-20)31-19-13-26(14-19)22(28)30-15-17-5-3-2-4-6-17/h2-6,11-12,18-19,29H,7-10,13-15H2,1H3. The number of carbonyl (C=O) groups excluding carboxylic acids is 2. The topological polar surface area (TPSA) is 102 Å². The molecule has 0 unspecified atom stereocenters. The van der Waals surface area contributed by atoms with Crippen LogP contribution in [0.15, 0.2) is 42.7 Å². The van der Waals surface area contributed by atoms with E-state index in [0.717, 1.165) is 5.56 Å². The van der Waals surface area contributed by atoms with Gasteiger partial charge in [0.15, 0.2) is 0 Å². The maximum atomic E-state index is 12.2. The van der Waals surface area contributed by atoms with Gasteiger partial charge in [-0.1, -0.05) is 30.3 Å². The Morgan fingerprint density at radius 3 is 2.48 bits per heavy atom. The zero-order valence-corrected chi connectivity index (χ0v) is 17.6. The van der Waals surface area contributed by atoms with Crippen molar-refractivity contribution in [3.8, 4) is 5.88 Å². The number of benzene rings is 1. The van der Waals surface area contributed by atoms with Crippen LogP contribution in [0.5, 0.6) is 5.88 Å². The molecule has 0 bridgehead atoms. The molecule has 2 aliphatic rings. The fourth-order valence-electron chi connectivity index (χ4n) is 4.10. The Balaban J connectivity index is 1.31. The molecule has 31 heavy (non-hydrogen) atoms. The average Bonchev–Trinajstić information content (AvgIpc) is 2.75. The van der Waals surface area contributed by atoms with Crippen molar-refractivity contribution >= 4 is 11.9 Å². The molecule has 2 aromatic rings. The zero-order chi connectivity index (χ0) is 21.8. The van der Waals surface area contributed by atoms with Crippen LogP contribution in [0.1, 0.15) is 43.9 Å². The van der Waals surface area contributed by atoms with Gasteiger partial charge in [0.25, 0.3) is 0 Å². The number of carbonyl (C=O) groups is 2. The number of rotatable bonds is 6. The molecule has 4 rings (SSSR count). The minimum Gasteiger partial charge on any atom is -0.469 e. The molecule has 8 heteroatoms. The van der Waals surface area contributed by atoms with E-state index in [-0.39, 0.29) is 36.4 Å². The Hall–Kier alpha value is -3.00. The molecule has 1 saturated heterocycles. The molecular formula is C23H27N3O5. The summed E-state index contributed by atoms with van der Waals surface area (Å²) >= 11 is 0. The van der Waals surface area contributed by atoms with E-state index in [4.69, 9.17) is 9.47 Å². The van der Waals surface area contributed by atoms with Gasteiger partial charge in [0, 0.05) is 18.3 Å². The Kier molecular flexibility index (Phi) is 6.18. The van der Waals surface area contributed by atoms with Crippen molar-refractivity contribution in [2.75, 3.05) is 13.1 Å². The number of hydrogen-bond acceptors (Lipinski definition) is 7. The summed E-state index contributed by atoms with van der Waals surface area (Å²) < 4.78 is 11.3. The van der Waals surface area contributed by atoms with E-state index < -0.39 is 5.60 Å². The molecule has 0 atom stereocenters. The van der Waals surface area contributed by atoms with Crippen molar-refractivity contribution in [1.29, 1.82) is 0 Å². The van der Waals surface area contributed by atoms with Crippen LogP contribution in [0.25, 0.3) is 0 Å². The fraction of sp³-hybridized carbons (Fsp3) is 0.478. The number of likely N-dealkylation sites (tertiary alicyclic amines) is 1. The van der Waals surface area contributed by atoms with Crippen LogP contribution in [0.2, 0.25) is 0 Å². The number of Topliss-reactive ketones (excluding diaryl/α,β-unsaturated/α-hetero) is 1. The van der Waals surface area contributed by atoms with Crippen molar-refractivity contribution in [3.05, 3.63) is 54.0 Å². The van der Waals surface area contributed by atoms with Crippen molar-refractivity contribution in [2.45, 2.75) is 50.9 Å². The molecule has 1 amide bonds. The summed E-state index contributed by atoms with van der Waals surface area (Å²) in [5, 5.41) is 11.2. The third-order valence-corrected chi connectivity index (χ3v) is 6.08. The van der Waals surface area contributed by atoms with Gasteiger partial charge in [0.1, 0.15) is 29.8 Å². The SMILES string of the molecule is CC(=O)C1CCC(O)(c2nccnc2OC2CN(C(=O)OCc3ccccc3)C2)CC1. The molecule has 1 saturated carbocycles. The summed E-state index contributed by atoms with van der Waals surface area (Å²) in [7, 11) is 0. The van der Waals surface area contributed by atoms with Gasteiger partial charge < -0.3 is 19.5 Å². The van der Waals surface area contributed by atoms with Gasteiger partial charge >= 0.3 is 6.09 Å². The minimum atomic E-state index is -1.16. The summed E-state index contributed by atoms with van der Waals surface area (Å²) in [6, 6.07) is 9.51. The highest BCUT2D eigenvalue weighted by Crippen LogP contribution is 2.41. The molecule has 0 spiro atoms. The quantitative estimate of drug-likeness (QED) is 0.759. The number of ketones is 1. The summed E-state index contributed by atoms with van der Waals surface area (Å²) in [6.45, 7) is 2.59. The molecule has 2 heterocycles. The van der Waals surface area contributed by atoms with Gasteiger partial charge in [-0.25, -0.2) is 9.78 Å². The van der Waals surface area contributed by atoms with Crippen LogP contribution >= 0.6 is 0 Å². The molecule has 8 nitrogen and oxygen atoms in total. The summed E-state index contributed by atoms with van der Waals surface area (Å²) in [4.78, 5) is 34.0. The normalized spacial score (nSPS) is 23.7. The van der Waals surface area contributed by atoms with Gasteiger partial charge in [0.2, 0.25) is 5.88 Å². The first kappa shape index (κ1) is 21.2. The fourth-order valence-corrected chi connectivity index (χ4v) is 4.10. The molecule has 1 aromatic carbocycles. The highest BCUT2D eigenvalue weighted by Gasteiger charge is 2.41. The molecular weight excluding hydrogens is 398 g/mol. The van der Waals surface area contributed by atoms with Crippen molar-refractivity contribution in [2.24, 2.45) is 5.92 Å². The first-order valence-corrected chi connectivity index (χ1v) is 10.6. The Morgan fingerprint density at radius 2 is 1.81 bits per heavy atom. The van der Waals surface area contributed by atoms with E-state index in [1.807, 2.05) is 30.3 Å². The molecule has 2 fully saturated rings. The lowest BCUT2D eigenvalue weighted by molar-refractivity contribution is -0.124. The highest BCUT2D eigenvalue weighted by molar-refractivity contribution is 5.78. The molecule has 0 radical (unpaired) electrons. The first-order valence-electron chi connectivity index (χ1n) is 10.6. The average molecular weight is 425 g/mol. The third-order valence-electron chi connectivity index (χ3n) is 6.08. The second-order valence-corrected chi connectivity index (χ2v) is 8.31. The van der Waals surface area contributed by atoms with E-state index in [1.165, 1.54) is 12.4 Å². The number of nitrogens with zero attached hydrogens (tertiary/aromatic N) is 3. The third kappa shape index (κ3) is 4.85. The lowest BCUT2D eigenvalue weighted by atomic mass is 9.76. The second kappa shape index (κ2) is 9.01. The maximum Gasteiger partial charge on any atom is 0.410 e. The number of hydrogen-bond donors (Lipinski definition) is 1. The van der Waals surface area contributed by atoms with E-state index in [0.29, 0.717) is 44.5 Å². The van der Waals surface area contributed by atoms with Gasteiger partial charge in [-0.05, 0) is 38.2 Å². The molecule has 1 aromatic heterocycles. The predicted molar refractivity (Wildman–Crippen MR) is 111 cm³/mol. The minimum absolute atomic E-state index is 0.0107. The van der Waals surface area contributed by atoms with Crippen LogP contribution in [-0.4, -0.2) is 51.0 Å². The van der Waals surface area contributed by atoms with E-state index in [2.05, 4.69) is 9.97 Å². The number of ether oxygens (including phenoxy) is 2. The van der Waals surface area contributed by atoms with Gasteiger partial charge in [0.05, 0.1) is 13.1 Å². The number of amides is 1. The van der Waals surface area contributed by atoms with Crippen molar-refractivity contribution < 1.29 is 24.2 Å². The van der Waals surface area contributed by atoms with Crippen LogP contribution < -0.4 is 4.74 Å². The van der Waals surface area contributed by atoms with Crippen LogP contribution in [0.4, 0.5) is 4.79 Å². The smallest absolute Gasteiger partial charge is 0.410 e. The van der Waals surface area contributed by atoms with Gasteiger partial charge in [-0.15, -0.1) is 0 Å². The van der Waals surface area contributed by atoms with E-state index in [1.54, 1.807) is 11.8 Å². The molecule has 1 aliphatic heterocycles. The van der Waals surface area contributed by atoms with Crippen molar-refractivity contribution in [3.63, 3.8) is 0 Å². The second-order valence-electron chi connectivity index (χ2n) is 8.31. The number of aliphatic hydroxyl groups is 1. The van der Waals surface area contributed by atoms with Crippen LogP contribution in [0.3, 0.4) is 0 Å². The molecule has 164 valence electrons.